The molecule has 0 radical (unpaired) electrons. The van der Waals surface area contributed by atoms with Crippen LogP contribution in [0.25, 0.3) is 10.8 Å². The summed E-state index contributed by atoms with van der Waals surface area (Å²) >= 11 is 0. The highest BCUT2D eigenvalue weighted by Crippen LogP contribution is 2.30. The molecule has 15 heteroatoms. The van der Waals surface area contributed by atoms with Gasteiger partial charge in [0.05, 0.1) is 11.4 Å². The minimum atomic E-state index is -3.89. The van der Waals surface area contributed by atoms with Gasteiger partial charge in [-0.25, -0.2) is 17.9 Å². The molecular weight excluding hydrogens is 636 g/mol. The standard InChI is InChI=1S/C33H50N8O6S/c1-4-32(43)47-25-23-29(41(24-25)31(42)11-20-40-21-18-35-14-12-34-13-15-36-19-22-40)33(44)37-16-17-38-48(45,46)30-10-6-7-26-27(30)8-5-9-28(26)39(2)3/h4-10,25,29,34-36,38H,1,11-24H2,2-3H3,(H,37,44)/t25?,29-/m1/s1. The van der Waals surface area contributed by atoms with Crippen LogP contribution < -0.4 is 30.9 Å². The van der Waals surface area contributed by atoms with E-state index in [0.717, 1.165) is 69.5 Å². The van der Waals surface area contributed by atoms with Crippen LogP contribution in [-0.2, 0) is 29.1 Å². The number of likely N-dealkylation sites (tertiary alicyclic amines) is 1. The molecule has 2 aliphatic heterocycles. The van der Waals surface area contributed by atoms with Crippen LogP contribution in [0.3, 0.4) is 0 Å². The number of hydrogen-bond donors (Lipinski definition) is 5. The summed E-state index contributed by atoms with van der Waals surface area (Å²) in [5, 5.41) is 14.4. The SMILES string of the molecule is C=CC(=O)OC1C[C@H](C(=O)NCCNS(=O)(=O)c2cccc3c(N(C)C)cccc23)N(C(=O)CCN2CCNCCNCCNCC2)C1. The normalized spacial score (nSPS) is 20.0. The van der Waals surface area contributed by atoms with Gasteiger partial charge in [-0.3, -0.25) is 9.59 Å². The van der Waals surface area contributed by atoms with E-state index in [2.05, 4.69) is 37.5 Å². The molecule has 2 atom stereocenters. The van der Waals surface area contributed by atoms with Gasteiger partial charge < -0.3 is 40.7 Å². The quantitative estimate of drug-likeness (QED) is 0.111. The molecule has 0 spiro atoms. The van der Waals surface area contributed by atoms with Gasteiger partial charge in [-0.2, -0.15) is 0 Å². The number of sulfonamides is 1. The van der Waals surface area contributed by atoms with Crippen molar-refractivity contribution in [1.29, 1.82) is 0 Å². The maximum Gasteiger partial charge on any atom is 0.330 e. The van der Waals surface area contributed by atoms with E-state index in [0.29, 0.717) is 11.9 Å². The second-order valence-electron chi connectivity index (χ2n) is 12.1. The number of nitrogens with zero attached hydrogens (tertiary/aromatic N) is 3. The van der Waals surface area contributed by atoms with Crippen molar-refractivity contribution >= 4 is 44.3 Å². The summed E-state index contributed by atoms with van der Waals surface area (Å²) < 4.78 is 34.6. The highest BCUT2D eigenvalue weighted by Gasteiger charge is 2.41. The zero-order valence-corrected chi connectivity index (χ0v) is 28.8. The van der Waals surface area contributed by atoms with Crippen LogP contribution >= 0.6 is 0 Å². The lowest BCUT2D eigenvalue weighted by molar-refractivity contribution is -0.143. The number of carbonyl (C=O) groups excluding carboxylic acids is 3. The number of fused-ring (bicyclic) bond motifs is 1. The Morgan fingerprint density at radius 3 is 2.27 bits per heavy atom. The first-order chi connectivity index (χ1) is 23.1. The molecule has 2 saturated heterocycles. The van der Waals surface area contributed by atoms with E-state index in [4.69, 9.17) is 4.74 Å². The first-order valence-electron chi connectivity index (χ1n) is 16.5. The summed E-state index contributed by atoms with van der Waals surface area (Å²) in [7, 11) is -0.0971. The number of esters is 1. The van der Waals surface area contributed by atoms with Crippen molar-refractivity contribution < 1.29 is 27.5 Å². The van der Waals surface area contributed by atoms with E-state index in [1.807, 2.05) is 37.2 Å². The molecule has 2 aromatic carbocycles. The Balaban J connectivity index is 1.35. The Hall–Kier alpha value is -3.60. The van der Waals surface area contributed by atoms with Crippen LogP contribution in [0, 0.1) is 0 Å². The first kappa shape index (κ1) is 37.2. The predicted molar refractivity (Wildman–Crippen MR) is 186 cm³/mol. The van der Waals surface area contributed by atoms with Gasteiger partial charge in [0.15, 0.2) is 0 Å². The Bertz CT molecular complexity index is 1510. The third-order valence-electron chi connectivity index (χ3n) is 8.49. The van der Waals surface area contributed by atoms with E-state index in [1.165, 1.54) is 4.90 Å². The molecule has 0 bridgehead atoms. The molecule has 4 rings (SSSR count). The predicted octanol–water partition coefficient (Wildman–Crippen LogP) is -0.526. The molecule has 2 aliphatic rings. The summed E-state index contributed by atoms with van der Waals surface area (Å²) in [6.45, 7) is 10.7. The number of carbonyl (C=O) groups is 3. The molecule has 0 saturated carbocycles. The molecule has 264 valence electrons. The number of hydrogen-bond acceptors (Lipinski definition) is 11. The smallest absolute Gasteiger partial charge is 0.330 e. The summed E-state index contributed by atoms with van der Waals surface area (Å²) in [5.41, 5.74) is 0.898. The summed E-state index contributed by atoms with van der Waals surface area (Å²) in [5.74, 6) is -1.27. The number of benzene rings is 2. The van der Waals surface area contributed by atoms with Crippen molar-refractivity contribution in [1.82, 2.24) is 35.8 Å². The number of amides is 2. The largest absolute Gasteiger partial charge is 0.457 e. The highest BCUT2D eigenvalue weighted by molar-refractivity contribution is 7.89. The molecule has 1 unspecified atom stereocenters. The minimum Gasteiger partial charge on any atom is -0.457 e. The van der Waals surface area contributed by atoms with Gasteiger partial charge in [0.1, 0.15) is 12.1 Å². The fourth-order valence-electron chi connectivity index (χ4n) is 6.01. The van der Waals surface area contributed by atoms with Crippen molar-refractivity contribution in [3.05, 3.63) is 49.1 Å². The number of anilines is 1. The summed E-state index contributed by atoms with van der Waals surface area (Å²) in [4.78, 5) is 44.6. The summed E-state index contributed by atoms with van der Waals surface area (Å²) in [6.07, 6.45) is 0.737. The van der Waals surface area contributed by atoms with Crippen LogP contribution in [-0.4, -0.2) is 141 Å². The van der Waals surface area contributed by atoms with Gasteiger partial charge in [-0.1, -0.05) is 30.8 Å². The molecular formula is C33H50N8O6S. The molecule has 48 heavy (non-hydrogen) atoms. The molecule has 0 aromatic heterocycles. The number of ether oxygens (including phenoxy) is 1. The number of nitrogens with one attached hydrogen (secondary N) is 5. The van der Waals surface area contributed by atoms with Gasteiger partial charge in [-0.05, 0) is 12.1 Å². The van der Waals surface area contributed by atoms with Crippen LogP contribution in [0.1, 0.15) is 12.8 Å². The van der Waals surface area contributed by atoms with E-state index in [-0.39, 0.29) is 43.3 Å². The third kappa shape index (κ3) is 10.4. The van der Waals surface area contributed by atoms with E-state index < -0.39 is 34.0 Å². The average Bonchev–Trinajstić information content (AvgIpc) is 3.49. The van der Waals surface area contributed by atoms with Gasteiger partial charge in [-0.15, -0.1) is 0 Å². The zero-order chi connectivity index (χ0) is 34.5. The second kappa shape index (κ2) is 18.2. The van der Waals surface area contributed by atoms with Crippen molar-refractivity contribution in [3.8, 4) is 0 Å². The van der Waals surface area contributed by atoms with Crippen LogP contribution in [0.4, 0.5) is 5.69 Å². The lowest BCUT2D eigenvalue weighted by atomic mass is 10.1. The fraction of sp³-hybridized carbons (Fsp3) is 0.545. The van der Waals surface area contributed by atoms with E-state index in [1.54, 1.807) is 18.2 Å². The number of rotatable bonds is 12. The topological polar surface area (TPSA) is 164 Å². The van der Waals surface area contributed by atoms with Crippen LogP contribution in [0.2, 0.25) is 0 Å². The van der Waals surface area contributed by atoms with Crippen LogP contribution in [0.15, 0.2) is 53.9 Å². The molecule has 0 aliphatic carbocycles. The maximum absolute atomic E-state index is 13.5. The minimum absolute atomic E-state index is 0.00468. The molecule has 2 fully saturated rings. The lowest BCUT2D eigenvalue weighted by Crippen LogP contribution is -2.48. The summed E-state index contributed by atoms with van der Waals surface area (Å²) in [6, 6.07) is 9.79. The van der Waals surface area contributed by atoms with Crippen molar-refractivity contribution in [3.63, 3.8) is 0 Å². The van der Waals surface area contributed by atoms with Crippen molar-refractivity contribution in [2.45, 2.75) is 29.9 Å². The molecule has 2 amide bonds. The third-order valence-corrected chi connectivity index (χ3v) is 10.0. The van der Waals surface area contributed by atoms with Gasteiger partial charge in [0.25, 0.3) is 0 Å². The van der Waals surface area contributed by atoms with Crippen molar-refractivity contribution in [2.24, 2.45) is 0 Å². The molecule has 14 nitrogen and oxygen atoms in total. The maximum atomic E-state index is 13.5. The van der Waals surface area contributed by atoms with Gasteiger partial charge in [0.2, 0.25) is 21.8 Å². The lowest BCUT2D eigenvalue weighted by Gasteiger charge is -2.27. The molecule has 2 aromatic rings. The van der Waals surface area contributed by atoms with Gasteiger partial charge >= 0.3 is 5.97 Å². The fourth-order valence-corrected chi connectivity index (χ4v) is 7.26. The second-order valence-corrected chi connectivity index (χ2v) is 13.8. The zero-order valence-electron chi connectivity index (χ0n) is 28.0. The van der Waals surface area contributed by atoms with Crippen LogP contribution in [0.5, 0.6) is 0 Å². The monoisotopic (exact) mass is 686 g/mol. The highest BCUT2D eigenvalue weighted by atomic mass is 32.2. The Morgan fingerprint density at radius 2 is 1.60 bits per heavy atom. The van der Waals surface area contributed by atoms with E-state index in [9.17, 15) is 22.8 Å². The van der Waals surface area contributed by atoms with E-state index >= 15 is 0 Å². The van der Waals surface area contributed by atoms with Gasteiger partial charge in [0, 0.05) is 121 Å². The molecule has 5 N–H and O–H groups in total. The Labute approximate surface area is 283 Å². The first-order valence-corrected chi connectivity index (χ1v) is 18.0. The Morgan fingerprint density at radius 1 is 0.958 bits per heavy atom. The average molecular weight is 687 g/mol. The Kier molecular flexibility index (Phi) is 14.1. The molecule has 2 heterocycles. The van der Waals surface area contributed by atoms with Crippen molar-refractivity contribution in [2.75, 3.05) is 97.5 Å².